The maximum absolute atomic E-state index is 13.2. The Bertz CT molecular complexity index is 1330. The number of ether oxygens (including phenoxy) is 1. The topological polar surface area (TPSA) is 80.6 Å². The van der Waals surface area contributed by atoms with Gasteiger partial charge in [0, 0.05) is 17.3 Å². The predicted molar refractivity (Wildman–Crippen MR) is 130 cm³/mol. The molecule has 0 radical (unpaired) electrons. The lowest BCUT2D eigenvalue weighted by molar-refractivity contribution is -0.134. The van der Waals surface area contributed by atoms with Gasteiger partial charge in [0.2, 0.25) is 11.8 Å². The van der Waals surface area contributed by atoms with Crippen LogP contribution in [0, 0.1) is 0 Å². The van der Waals surface area contributed by atoms with Crippen molar-refractivity contribution in [3.8, 4) is 5.75 Å². The largest absolute Gasteiger partial charge is 0.495 e. The summed E-state index contributed by atoms with van der Waals surface area (Å²) in [6.07, 6.45) is 0. The summed E-state index contributed by atoms with van der Waals surface area (Å²) in [5, 5.41) is 3.92. The average Bonchev–Trinajstić information content (AvgIpc) is 2.85. The number of aromatic nitrogens is 1. The zero-order valence-corrected chi connectivity index (χ0v) is 18.6. The second kappa shape index (κ2) is 9.56. The minimum atomic E-state index is -0.315. The first kappa shape index (κ1) is 22.1. The van der Waals surface area contributed by atoms with Crippen LogP contribution in [0.25, 0.3) is 21.8 Å². The number of benzene rings is 3. The molecule has 0 bridgehead atoms. The van der Waals surface area contributed by atoms with Crippen LogP contribution < -0.4 is 15.5 Å². The van der Waals surface area contributed by atoms with E-state index in [0.717, 1.165) is 0 Å². The highest BCUT2D eigenvalue weighted by atomic mass is 16.5. The Morgan fingerprint density at radius 1 is 0.909 bits per heavy atom. The third-order valence-corrected chi connectivity index (χ3v) is 5.62. The Hall–Kier alpha value is -4.13. The Morgan fingerprint density at radius 3 is 2.09 bits per heavy atom. The molecular formula is C26H25N3O4. The highest BCUT2D eigenvalue weighted by Gasteiger charge is 2.19. The second-order valence-corrected chi connectivity index (χ2v) is 7.61. The van der Waals surface area contributed by atoms with Gasteiger partial charge in [0.15, 0.2) is 5.43 Å². The molecule has 0 saturated carbocycles. The third-order valence-electron chi connectivity index (χ3n) is 5.62. The van der Waals surface area contributed by atoms with Gasteiger partial charge >= 0.3 is 0 Å². The number of anilines is 1. The summed E-state index contributed by atoms with van der Waals surface area (Å²) in [6, 6.07) is 21.6. The van der Waals surface area contributed by atoms with Gasteiger partial charge in [-0.05, 0) is 43.3 Å². The molecule has 1 N–H and O–H groups in total. The number of hydrogen-bond donors (Lipinski definition) is 1. The fourth-order valence-corrected chi connectivity index (χ4v) is 3.97. The summed E-state index contributed by atoms with van der Waals surface area (Å²) >= 11 is 0. The number of rotatable bonds is 7. The number of likely N-dealkylation sites (N-methyl/N-ethyl adjacent to an activating group) is 1. The molecule has 0 spiro atoms. The Labute approximate surface area is 191 Å². The van der Waals surface area contributed by atoms with Crippen LogP contribution in [0.4, 0.5) is 5.69 Å². The quantitative estimate of drug-likeness (QED) is 0.442. The smallest absolute Gasteiger partial charge is 0.244 e. The van der Waals surface area contributed by atoms with Gasteiger partial charge in [-0.15, -0.1) is 0 Å². The fraction of sp³-hybridized carbons (Fsp3) is 0.192. The monoisotopic (exact) mass is 443 g/mol. The van der Waals surface area contributed by atoms with E-state index in [1.54, 1.807) is 30.3 Å². The van der Waals surface area contributed by atoms with Crippen LogP contribution in [0.2, 0.25) is 0 Å². The molecule has 168 valence electrons. The lowest BCUT2D eigenvalue weighted by atomic mass is 10.1. The molecule has 0 aliphatic heterocycles. The van der Waals surface area contributed by atoms with Gasteiger partial charge in [-0.2, -0.15) is 0 Å². The molecule has 0 saturated heterocycles. The fourth-order valence-electron chi connectivity index (χ4n) is 3.97. The van der Waals surface area contributed by atoms with Crippen LogP contribution in [0.15, 0.2) is 77.6 Å². The number of fused-ring (bicyclic) bond motifs is 2. The summed E-state index contributed by atoms with van der Waals surface area (Å²) in [5.74, 6) is 0.0161. The van der Waals surface area contributed by atoms with Crippen molar-refractivity contribution in [2.24, 2.45) is 0 Å². The van der Waals surface area contributed by atoms with Gasteiger partial charge in [0.05, 0.1) is 30.4 Å². The molecule has 1 aromatic heterocycles. The molecule has 7 nitrogen and oxygen atoms in total. The molecule has 2 amide bonds. The van der Waals surface area contributed by atoms with Crippen molar-refractivity contribution >= 4 is 39.3 Å². The van der Waals surface area contributed by atoms with Crippen molar-refractivity contribution in [3.63, 3.8) is 0 Å². The number of pyridine rings is 1. The molecular weight excluding hydrogens is 418 g/mol. The first-order chi connectivity index (χ1) is 16.0. The van der Waals surface area contributed by atoms with E-state index in [2.05, 4.69) is 5.32 Å². The Balaban J connectivity index is 1.61. The van der Waals surface area contributed by atoms with Crippen molar-refractivity contribution in [3.05, 3.63) is 83.0 Å². The highest BCUT2D eigenvalue weighted by Crippen LogP contribution is 2.23. The van der Waals surface area contributed by atoms with Crippen LogP contribution in [0.1, 0.15) is 6.92 Å². The van der Waals surface area contributed by atoms with Crippen LogP contribution >= 0.6 is 0 Å². The van der Waals surface area contributed by atoms with Crippen LogP contribution in [-0.4, -0.2) is 41.5 Å². The maximum atomic E-state index is 13.2. The van der Waals surface area contributed by atoms with Gasteiger partial charge in [-0.25, -0.2) is 0 Å². The van der Waals surface area contributed by atoms with Crippen molar-refractivity contribution in [1.29, 1.82) is 0 Å². The highest BCUT2D eigenvalue weighted by molar-refractivity contribution is 5.97. The molecule has 0 aliphatic carbocycles. The summed E-state index contributed by atoms with van der Waals surface area (Å²) in [4.78, 5) is 40.3. The molecule has 33 heavy (non-hydrogen) atoms. The van der Waals surface area contributed by atoms with E-state index in [-0.39, 0.29) is 30.3 Å². The molecule has 0 fully saturated rings. The van der Waals surface area contributed by atoms with Crippen molar-refractivity contribution in [2.75, 3.05) is 25.5 Å². The Morgan fingerprint density at radius 2 is 1.48 bits per heavy atom. The first-order valence-electron chi connectivity index (χ1n) is 10.7. The molecule has 1 heterocycles. The summed E-state index contributed by atoms with van der Waals surface area (Å²) in [6.45, 7) is 2.12. The zero-order valence-electron chi connectivity index (χ0n) is 18.6. The van der Waals surface area contributed by atoms with Gasteiger partial charge in [-0.1, -0.05) is 36.4 Å². The number of nitrogens with zero attached hydrogens (tertiary/aromatic N) is 2. The van der Waals surface area contributed by atoms with Gasteiger partial charge < -0.3 is 19.5 Å². The third kappa shape index (κ3) is 4.43. The lowest BCUT2D eigenvalue weighted by Crippen LogP contribution is -2.39. The van der Waals surface area contributed by atoms with E-state index in [1.807, 2.05) is 54.0 Å². The second-order valence-electron chi connectivity index (χ2n) is 7.61. The number of amides is 2. The summed E-state index contributed by atoms with van der Waals surface area (Å²) in [7, 11) is 1.53. The predicted octanol–water partition coefficient (Wildman–Crippen LogP) is 3.65. The minimum Gasteiger partial charge on any atom is -0.495 e. The number of para-hydroxylation sites is 4. The number of methoxy groups -OCH3 is 1. The van der Waals surface area contributed by atoms with E-state index in [4.69, 9.17) is 4.74 Å². The average molecular weight is 444 g/mol. The van der Waals surface area contributed by atoms with E-state index in [0.29, 0.717) is 39.8 Å². The summed E-state index contributed by atoms with van der Waals surface area (Å²) in [5.41, 5.74) is 1.85. The van der Waals surface area contributed by atoms with Gasteiger partial charge in [0.25, 0.3) is 0 Å². The van der Waals surface area contributed by atoms with Crippen LogP contribution in [0.3, 0.4) is 0 Å². The zero-order chi connectivity index (χ0) is 23.4. The molecule has 4 rings (SSSR count). The first-order valence-corrected chi connectivity index (χ1v) is 10.7. The number of hydrogen-bond acceptors (Lipinski definition) is 4. The lowest BCUT2D eigenvalue weighted by Gasteiger charge is -2.23. The number of nitrogens with one attached hydrogen (secondary N) is 1. The molecule has 3 aromatic carbocycles. The van der Waals surface area contributed by atoms with Crippen molar-refractivity contribution < 1.29 is 14.3 Å². The minimum absolute atomic E-state index is 0.0110. The van der Waals surface area contributed by atoms with E-state index in [1.165, 1.54) is 12.0 Å². The molecule has 4 aromatic rings. The Kier molecular flexibility index (Phi) is 6.40. The summed E-state index contributed by atoms with van der Waals surface area (Å²) < 4.78 is 7.11. The normalized spacial score (nSPS) is 10.8. The van der Waals surface area contributed by atoms with Crippen molar-refractivity contribution in [1.82, 2.24) is 9.47 Å². The maximum Gasteiger partial charge on any atom is 0.244 e. The SMILES string of the molecule is CCN(CC(=O)Nc1ccccc1OC)C(=O)Cn1c2ccccc2c(=O)c2ccccc21. The number of carbonyl (C=O) groups is 2. The molecule has 0 aliphatic rings. The van der Waals surface area contributed by atoms with E-state index in [9.17, 15) is 14.4 Å². The van der Waals surface area contributed by atoms with Crippen LogP contribution in [-0.2, 0) is 16.1 Å². The van der Waals surface area contributed by atoms with Gasteiger partial charge in [0.1, 0.15) is 12.3 Å². The number of carbonyl (C=O) groups excluding carboxylic acids is 2. The van der Waals surface area contributed by atoms with E-state index < -0.39 is 0 Å². The molecule has 0 atom stereocenters. The molecule has 0 unspecified atom stereocenters. The standard InChI is InChI=1S/C26H25N3O4/c1-3-28(16-24(30)27-20-12-6-9-15-23(20)33-2)25(31)17-29-21-13-7-4-10-18(21)26(32)19-11-5-8-14-22(19)29/h4-15H,3,16-17H2,1-2H3,(H,27,30). The van der Waals surface area contributed by atoms with E-state index >= 15 is 0 Å². The van der Waals surface area contributed by atoms with Gasteiger partial charge in [-0.3, -0.25) is 14.4 Å². The van der Waals surface area contributed by atoms with Crippen LogP contribution in [0.5, 0.6) is 5.75 Å². The molecule has 7 heteroatoms. The van der Waals surface area contributed by atoms with Crippen molar-refractivity contribution in [2.45, 2.75) is 13.5 Å².